The predicted molar refractivity (Wildman–Crippen MR) is 80.3 cm³/mol. The van der Waals surface area contributed by atoms with E-state index in [4.69, 9.17) is 16.3 Å². The number of benzene rings is 2. The molecule has 2 rings (SSSR count). The van der Waals surface area contributed by atoms with E-state index in [2.05, 4.69) is 15.9 Å². The number of carbonyl (C=O) groups excluding carboxylic acids is 1. The second-order valence-corrected chi connectivity index (χ2v) is 5.43. The summed E-state index contributed by atoms with van der Waals surface area (Å²) in [5.41, 5.74) is 2.13. The maximum atomic E-state index is 12.4. The number of ether oxygens (including phenoxy) is 1. The highest BCUT2D eigenvalue weighted by molar-refractivity contribution is 9.10. The van der Waals surface area contributed by atoms with Gasteiger partial charge in [-0.25, -0.2) is 0 Å². The van der Waals surface area contributed by atoms with Gasteiger partial charge in [-0.15, -0.1) is 0 Å². The zero-order chi connectivity index (χ0) is 14.0. The monoisotopic (exact) mass is 338 g/mol. The Morgan fingerprint density at radius 1 is 1.21 bits per heavy atom. The highest BCUT2D eigenvalue weighted by atomic mass is 79.9. The Morgan fingerprint density at radius 3 is 2.53 bits per heavy atom. The highest BCUT2D eigenvalue weighted by Gasteiger charge is 2.13. The van der Waals surface area contributed by atoms with Crippen LogP contribution in [-0.2, 0) is 0 Å². The van der Waals surface area contributed by atoms with Gasteiger partial charge in [-0.1, -0.05) is 11.6 Å². The van der Waals surface area contributed by atoms with Crippen molar-refractivity contribution in [1.82, 2.24) is 0 Å². The largest absolute Gasteiger partial charge is 0.496 e. The number of rotatable bonds is 3. The van der Waals surface area contributed by atoms with Gasteiger partial charge in [0.05, 0.1) is 11.6 Å². The van der Waals surface area contributed by atoms with Crippen LogP contribution < -0.4 is 4.74 Å². The molecule has 0 spiro atoms. The second-order valence-electron chi connectivity index (χ2n) is 4.14. The van der Waals surface area contributed by atoms with Crippen molar-refractivity contribution in [3.8, 4) is 5.75 Å². The first-order valence-electron chi connectivity index (χ1n) is 5.67. The van der Waals surface area contributed by atoms with Gasteiger partial charge < -0.3 is 4.74 Å². The first-order chi connectivity index (χ1) is 9.02. The van der Waals surface area contributed by atoms with Crippen LogP contribution in [-0.4, -0.2) is 12.9 Å². The topological polar surface area (TPSA) is 26.3 Å². The lowest BCUT2D eigenvalue weighted by Gasteiger charge is -2.08. The number of aryl methyl sites for hydroxylation is 1. The molecule has 0 saturated heterocycles. The zero-order valence-corrected chi connectivity index (χ0v) is 12.9. The Balaban J connectivity index is 2.41. The van der Waals surface area contributed by atoms with Crippen LogP contribution in [0.25, 0.3) is 0 Å². The van der Waals surface area contributed by atoms with Crippen molar-refractivity contribution >= 4 is 33.3 Å². The molecule has 0 aromatic heterocycles. The summed E-state index contributed by atoms with van der Waals surface area (Å²) < 4.78 is 5.91. The van der Waals surface area contributed by atoms with Gasteiger partial charge in [0.2, 0.25) is 0 Å². The highest BCUT2D eigenvalue weighted by Crippen LogP contribution is 2.27. The Morgan fingerprint density at radius 2 is 1.95 bits per heavy atom. The molecule has 0 radical (unpaired) electrons. The van der Waals surface area contributed by atoms with Gasteiger partial charge in [-0.05, 0) is 64.8 Å². The van der Waals surface area contributed by atoms with E-state index >= 15 is 0 Å². The second kappa shape index (κ2) is 5.76. The van der Waals surface area contributed by atoms with Crippen LogP contribution in [0.1, 0.15) is 21.5 Å². The molecule has 0 fully saturated rings. The first kappa shape index (κ1) is 14.1. The lowest BCUT2D eigenvalue weighted by atomic mass is 9.99. The molecule has 0 bridgehead atoms. The summed E-state index contributed by atoms with van der Waals surface area (Å²) in [5, 5.41) is 0.630. The van der Waals surface area contributed by atoms with Gasteiger partial charge in [0.25, 0.3) is 0 Å². The van der Waals surface area contributed by atoms with Crippen LogP contribution in [0.15, 0.2) is 40.9 Å². The summed E-state index contributed by atoms with van der Waals surface area (Å²) in [6, 6.07) is 10.5. The van der Waals surface area contributed by atoms with Crippen molar-refractivity contribution in [2.75, 3.05) is 7.11 Å². The van der Waals surface area contributed by atoms with Gasteiger partial charge in [0, 0.05) is 16.1 Å². The molecule has 19 heavy (non-hydrogen) atoms. The number of hydrogen-bond donors (Lipinski definition) is 0. The molecule has 98 valence electrons. The van der Waals surface area contributed by atoms with E-state index in [1.165, 1.54) is 0 Å². The molecule has 0 amide bonds. The Kier molecular flexibility index (Phi) is 4.27. The van der Waals surface area contributed by atoms with Gasteiger partial charge in [-0.2, -0.15) is 0 Å². The molecule has 0 unspecified atom stereocenters. The third kappa shape index (κ3) is 2.99. The standard InChI is InChI=1S/C15H12BrClO2/c1-9-7-11(17)4-5-12(9)15(18)10-3-6-14(19-2)13(16)8-10/h3-8H,1-2H3. The SMILES string of the molecule is COc1ccc(C(=O)c2ccc(Cl)cc2C)cc1Br. The quantitative estimate of drug-likeness (QED) is 0.761. The van der Waals surface area contributed by atoms with E-state index < -0.39 is 0 Å². The summed E-state index contributed by atoms with van der Waals surface area (Å²) in [6.07, 6.45) is 0. The maximum Gasteiger partial charge on any atom is 0.193 e. The van der Waals surface area contributed by atoms with Gasteiger partial charge >= 0.3 is 0 Å². The lowest BCUT2D eigenvalue weighted by molar-refractivity contribution is 0.103. The molecule has 0 heterocycles. The van der Waals surface area contributed by atoms with Crippen molar-refractivity contribution in [2.24, 2.45) is 0 Å². The Labute approximate surface area is 125 Å². The molecule has 2 nitrogen and oxygen atoms in total. The molecular formula is C15H12BrClO2. The molecule has 4 heteroatoms. The first-order valence-corrected chi connectivity index (χ1v) is 6.84. The number of hydrogen-bond acceptors (Lipinski definition) is 2. The number of methoxy groups -OCH3 is 1. The van der Waals surface area contributed by atoms with Gasteiger partial charge in [0.15, 0.2) is 5.78 Å². The average molecular weight is 340 g/mol. The molecule has 2 aromatic carbocycles. The maximum absolute atomic E-state index is 12.4. The van der Waals surface area contributed by atoms with Crippen molar-refractivity contribution in [3.05, 3.63) is 62.6 Å². The van der Waals surface area contributed by atoms with E-state index in [1.807, 2.05) is 6.92 Å². The fraction of sp³-hybridized carbons (Fsp3) is 0.133. The Hall–Kier alpha value is -1.32. The fourth-order valence-electron chi connectivity index (χ4n) is 1.84. The van der Waals surface area contributed by atoms with Gasteiger partial charge in [0.1, 0.15) is 5.75 Å². The molecular weight excluding hydrogens is 328 g/mol. The molecule has 0 aliphatic carbocycles. The Bertz CT molecular complexity index is 638. The van der Waals surface area contributed by atoms with Crippen molar-refractivity contribution < 1.29 is 9.53 Å². The number of carbonyl (C=O) groups is 1. The summed E-state index contributed by atoms with van der Waals surface area (Å²) in [7, 11) is 1.59. The van der Waals surface area contributed by atoms with Gasteiger partial charge in [-0.3, -0.25) is 4.79 Å². The van der Waals surface area contributed by atoms with Crippen LogP contribution in [0, 0.1) is 6.92 Å². The van der Waals surface area contributed by atoms with Crippen molar-refractivity contribution in [3.63, 3.8) is 0 Å². The van der Waals surface area contributed by atoms with Crippen LogP contribution in [0.5, 0.6) is 5.75 Å². The molecule has 0 saturated carbocycles. The number of halogens is 2. The van der Waals surface area contributed by atoms with E-state index in [1.54, 1.807) is 43.5 Å². The molecule has 0 aliphatic rings. The molecule has 2 aromatic rings. The van der Waals surface area contributed by atoms with Crippen LogP contribution in [0.4, 0.5) is 0 Å². The minimum Gasteiger partial charge on any atom is -0.496 e. The molecule has 0 N–H and O–H groups in total. The van der Waals surface area contributed by atoms with Crippen LogP contribution in [0.3, 0.4) is 0 Å². The predicted octanol–water partition coefficient (Wildman–Crippen LogP) is 4.65. The van der Waals surface area contributed by atoms with E-state index in [0.29, 0.717) is 21.9 Å². The smallest absolute Gasteiger partial charge is 0.193 e. The zero-order valence-electron chi connectivity index (χ0n) is 10.5. The summed E-state index contributed by atoms with van der Waals surface area (Å²) in [6.45, 7) is 1.87. The van der Waals surface area contributed by atoms with E-state index in [0.717, 1.165) is 10.0 Å². The third-order valence-electron chi connectivity index (χ3n) is 2.85. The third-order valence-corrected chi connectivity index (χ3v) is 3.70. The number of ketones is 1. The lowest BCUT2D eigenvalue weighted by Crippen LogP contribution is -2.04. The summed E-state index contributed by atoms with van der Waals surface area (Å²) >= 11 is 9.28. The van der Waals surface area contributed by atoms with E-state index in [9.17, 15) is 4.79 Å². The fourth-order valence-corrected chi connectivity index (χ4v) is 2.61. The summed E-state index contributed by atoms with van der Waals surface area (Å²) in [5.74, 6) is 0.668. The van der Waals surface area contributed by atoms with Crippen molar-refractivity contribution in [2.45, 2.75) is 6.92 Å². The average Bonchev–Trinajstić information content (AvgIpc) is 2.38. The minimum atomic E-state index is -0.0301. The van der Waals surface area contributed by atoms with Crippen LogP contribution in [0.2, 0.25) is 5.02 Å². The summed E-state index contributed by atoms with van der Waals surface area (Å²) in [4.78, 5) is 12.4. The van der Waals surface area contributed by atoms with Crippen molar-refractivity contribution in [1.29, 1.82) is 0 Å². The molecule has 0 aliphatic heterocycles. The normalized spacial score (nSPS) is 10.3. The molecule has 0 atom stereocenters. The minimum absolute atomic E-state index is 0.0301. The van der Waals surface area contributed by atoms with E-state index in [-0.39, 0.29) is 5.78 Å². The van der Waals surface area contributed by atoms with Crippen LogP contribution >= 0.6 is 27.5 Å².